The first-order valence-corrected chi connectivity index (χ1v) is 13.7. The van der Waals surface area contributed by atoms with Crippen molar-refractivity contribution < 1.29 is 13.5 Å². The fourth-order valence-electron chi connectivity index (χ4n) is 2.87. The smallest absolute Gasteiger partial charge is 0.147 e. The molecular weight excluding hydrogens is 404 g/mol. The molecule has 0 unspecified atom stereocenters. The van der Waals surface area contributed by atoms with Crippen LogP contribution in [0.4, 0.5) is 0 Å². The van der Waals surface area contributed by atoms with Crippen molar-refractivity contribution in [2.45, 2.75) is 88.7 Å². The predicted octanol–water partition coefficient (Wildman–Crippen LogP) is 7.68. The molecule has 31 heavy (non-hydrogen) atoms. The molecule has 0 bridgehead atoms. The quantitative estimate of drug-likeness (QED) is 0.506. The van der Waals surface area contributed by atoms with Crippen molar-refractivity contribution in [3.05, 3.63) is 58.7 Å². The Labute approximate surface area is 193 Å². The second kappa shape index (κ2) is 20.3. The number of benzene rings is 2. The van der Waals surface area contributed by atoms with Crippen molar-refractivity contribution in [3.63, 3.8) is 0 Å². The molecule has 0 aromatic heterocycles. The summed E-state index contributed by atoms with van der Waals surface area (Å²) in [5.74, 6) is 0.337. The summed E-state index contributed by atoms with van der Waals surface area (Å²) in [6.07, 6.45) is 3.01. The molecule has 0 radical (unpaired) electrons. The van der Waals surface area contributed by atoms with Gasteiger partial charge in [-0.05, 0) is 61.1 Å². The normalized spacial score (nSPS) is 9.42. The fourth-order valence-corrected chi connectivity index (χ4v) is 3.68. The van der Waals surface area contributed by atoms with Crippen LogP contribution in [0.25, 0.3) is 11.1 Å². The van der Waals surface area contributed by atoms with Crippen LogP contribution in [0.3, 0.4) is 0 Å². The molecule has 0 saturated carbocycles. The Morgan fingerprint density at radius 2 is 1.32 bits per heavy atom. The molecule has 0 aliphatic heterocycles. The standard InChI is InChI=1S/C16H18O.C5H12O2S.3C2H6/c1-11-7-12(2)16(13(3)8-11)15-6-4-5-14(9-15)10-17;1-3-4-5-8(2,6)7;3*1-2/h4-9,17H,10H2,1-3H3;3-5H2,1-2H3;3*1-2H3. The molecule has 0 aliphatic carbocycles. The maximum absolute atomic E-state index is 10.4. The van der Waals surface area contributed by atoms with Crippen LogP contribution in [-0.4, -0.2) is 25.5 Å². The number of hydrogen-bond acceptors (Lipinski definition) is 3. The van der Waals surface area contributed by atoms with Crippen LogP contribution < -0.4 is 0 Å². The van der Waals surface area contributed by atoms with Crippen molar-refractivity contribution >= 4 is 9.84 Å². The molecule has 0 aliphatic rings. The number of aliphatic hydroxyl groups excluding tert-OH is 1. The average molecular weight is 453 g/mol. The van der Waals surface area contributed by atoms with Gasteiger partial charge in [0, 0.05) is 12.0 Å². The van der Waals surface area contributed by atoms with Gasteiger partial charge >= 0.3 is 0 Å². The molecule has 0 fully saturated rings. The van der Waals surface area contributed by atoms with Crippen molar-refractivity contribution in [3.8, 4) is 11.1 Å². The minimum Gasteiger partial charge on any atom is -0.392 e. The van der Waals surface area contributed by atoms with Crippen LogP contribution in [0.1, 0.15) is 83.6 Å². The van der Waals surface area contributed by atoms with Crippen molar-refractivity contribution in [1.29, 1.82) is 0 Å². The van der Waals surface area contributed by atoms with Crippen LogP contribution in [0.15, 0.2) is 36.4 Å². The summed E-state index contributed by atoms with van der Waals surface area (Å²) in [5, 5.41) is 9.19. The first-order valence-electron chi connectivity index (χ1n) is 11.6. The maximum atomic E-state index is 10.4. The molecule has 2 rings (SSSR count). The van der Waals surface area contributed by atoms with E-state index >= 15 is 0 Å². The van der Waals surface area contributed by atoms with Crippen LogP contribution in [0.5, 0.6) is 0 Å². The minimum absolute atomic E-state index is 0.0950. The van der Waals surface area contributed by atoms with Gasteiger partial charge in [0.1, 0.15) is 9.84 Å². The Morgan fingerprint density at radius 3 is 1.68 bits per heavy atom. The van der Waals surface area contributed by atoms with Crippen molar-refractivity contribution in [1.82, 2.24) is 0 Å². The fraction of sp³-hybridized carbons (Fsp3) is 0.556. The maximum Gasteiger partial charge on any atom is 0.147 e. The molecule has 0 atom stereocenters. The SMILES string of the molecule is CC.CC.CC.CCCCS(C)(=O)=O.Cc1cc(C)c(-c2cccc(CO)c2)c(C)c1. The van der Waals surface area contributed by atoms with Crippen molar-refractivity contribution in [2.75, 3.05) is 12.0 Å². The molecule has 1 N–H and O–H groups in total. The Bertz CT molecular complexity index is 771. The molecule has 0 amide bonds. The Balaban J connectivity index is -0.000000474. The van der Waals surface area contributed by atoms with E-state index in [0.29, 0.717) is 5.75 Å². The lowest BCUT2D eigenvalue weighted by atomic mass is 9.93. The van der Waals surface area contributed by atoms with E-state index in [0.717, 1.165) is 18.4 Å². The number of aryl methyl sites for hydroxylation is 3. The van der Waals surface area contributed by atoms with E-state index in [1.54, 1.807) is 0 Å². The average Bonchev–Trinajstić information content (AvgIpc) is 2.76. The topological polar surface area (TPSA) is 54.4 Å². The van der Waals surface area contributed by atoms with Gasteiger partial charge in [-0.3, -0.25) is 0 Å². The van der Waals surface area contributed by atoms with E-state index in [-0.39, 0.29) is 6.61 Å². The zero-order valence-electron chi connectivity index (χ0n) is 22.0. The lowest BCUT2D eigenvalue weighted by Gasteiger charge is -2.12. The monoisotopic (exact) mass is 452 g/mol. The molecule has 2 aromatic rings. The summed E-state index contributed by atoms with van der Waals surface area (Å²) in [7, 11) is -2.69. The molecule has 0 spiro atoms. The summed E-state index contributed by atoms with van der Waals surface area (Å²) in [5.41, 5.74) is 7.30. The molecule has 3 nitrogen and oxygen atoms in total. The first kappa shape index (κ1) is 34.0. The van der Waals surface area contributed by atoms with E-state index in [1.807, 2.05) is 60.6 Å². The van der Waals surface area contributed by atoms with Gasteiger partial charge in [0.25, 0.3) is 0 Å². The largest absolute Gasteiger partial charge is 0.392 e. The summed E-state index contributed by atoms with van der Waals surface area (Å²) in [4.78, 5) is 0. The zero-order chi connectivity index (χ0) is 25.0. The summed E-state index contributed by atoms with van der Waals surface area (Å²) in [6.45, 7) is 20.5. The number of aliphatic hydroxyl groups is 1. The Hall–Kier alpha value is -1.65. The van der Waals surface area contributed by atoms with Gasteiger partial charge in [0.2, 0.25) is 0 Å². The highest BCUT2D eigenvalue weighted by molar-refractivity contribution is 7.90. The van der Waals surface area contributed by atoms with Gasteiger partial charge in [0.15, 0.2) is 0 Å². The zero-order valence-corrected chi connectivity index (χ0v) is 22.8. The minimum atomic E-state index is -2.69. The molecule has 2 aromatic carbocycles. The van der Waals surface area contributed by atoms with Gasteiger partial charge in [-0.2, -0.15) is 0 Å². The van der Waals surface area contributed by atoms with E-state index < -0.39 is 9.84 Å². The highest BCUT2D eigenvalue weighted by Crippen LogP contribution is 2.28. The lowest BCUT2D eigenvalue weighted by molar-refractivity contribution is 0.282. The number of hydrogen-bond donors (Lipinski definition) is 1. The molecule has 4 heteroatoms. The highest BCUT2D eigenvalue weighted by atomic mass is 32.2. The van der Waals surface area contributed by atoms with Gasteiger partial charge in [0.05, 0.1) is 6.61 Å². The number of rotatable bonds is 5. The first-order chi connectivity index (χ1) is 14.7. The second-order valence-electron chi connectivity index (χ2n) is 6.62. The van der Waals surface area contributed by atoms with Crippen LogP contribution in [-0.2, 0) is 16.4 Å². The molecule has 0 heterocycles. The third-order valence-electron chi connectivity index (χ3n) is 3.94. The van der Waals surface area contributed by atoms with Gasteiger partial charge in [-0.25, -0.2) is 8.42 Å². The molecule has 180 valence electrons. The van der Waals surface area contributed by atoms with Gasteiger partial charge in [-0.15, -0.1) is 0 Å². The van der Waals surface area contributed by atoms with Crippen LogP contribution >= 0.6 is 0 Å². The second-order valence-corrected chi connectivity index (χ2v) is 8.88. The molecule has 0 saturated heterocycles. The Kier molecular flexibility index (Phi) is 22.2. The Morgan fingerprint density at radius 1 is 0.839 bits per heavy atom. The summed E-state index contributed by atoms with van der Waals surface area (Å²) >= 11 is 0. The van der Waals surface area contributed by atoms with Gasteiger partial charge in [-0.1, -0.05) is 90.8 Å². The van der Waals surface area contributed by atoms with Gasteiger partial charge < -0.3 is 5.11 Å². The lowest BCUT2D eigenvalue weighted by Crippen LogP contribution is -2.01. The van der Waals surface area contributed by atoms with Crippen molar-refractivity contribution in [2.24, 2.45) is 0 Å². The van der Waals surface area contributed by atoms with E-state index in [9.17, 15) is 13.5 Å². The third-order valence-corrected chi connectivity index (χ3v) is 4.97. The van der Waals surface area contributed by atoms with Crippen LogP contribution in [0, 0.1) is 20.8 Å². The van der Waals surface area contributed by atoms with E-state index in [4.69, 9.17) is 0 Å². The molecular formula is C27H48O3S. The number of unbranched alkanes of at least 4 members (excludes halogenated alkanes) is 1. The van der Waals surface area contributed by atoms with Crippen LogP contribution in [0.2, 0.25) is 0 Å². The summed E-state index contributed by atoms with van der Waals surface area (Å²) < 4.78 is 20.8. The predicted molar refractivity (Wildman–Crippen MR) is 141 cm³/mol. The highest BCUT2D eigenvalue weighted by Gasteiger charge is 2.06. The van der Waals surface area contributed by atoms with E-state index in [1.165, 1.54) is 34.1 Å². The summed E-state index contributed by atoms with van der Waals surface area (Å²) in [6, 6.07) is 12.5. The third kappa shape index (κ3) is 15.8. The van der Waals surface area contributed by atoms with E-state index in [2.05, 4.69) is 45.0 Å². The number of sulfone groups is 1.